The van der Waals surface area contributed by atoms with Gasteiger partial charge in [0.2, 0.25) is 11.6 Å². The van der Waals surface area contributed by atoms with Crippen LogP contribution in [0.5, 0.6) is 0 Å². The van der Waals surface area contributed by atoms with E-state index in [1.54, 1.807) is 13.8 Å². The summed E-state index contributed by atoms with van der Waals surface area (Å²) in [6.45, 7) is 12.6. The van der Waals surface area contributed by atoms with Gasteiger partial charge in [-0.2, -0.15) is 0 Å². The van der Waals surface area contributed by atoms with Gasteiger partial charge in [0, 0.05) is 13.2 Å². The highest BCUT2D eigenvalue weighted by molar-refractivity contribution is 6.40. The first-order valence-electron chi connectivity index (χ1n) is 7.56. The predicted octanol–water partition coefficient (Wildman–Crippen LogP) is 3.03. The zero-order chi connectivity index (χ0) is 15.7. The largest absolute Gasteiger partial charge is 0.370 e. The van der Waals surface area contributed by atoms with Crippen LogP contribution in [0.2, 0.25) is 0 Å². The van der Waals surface area contributed by atoms with Crippen molar-refractivity contribution in [2.45, 2.75) is 66.6 Å². The van der Waals surface area contributed by atoms with Gasteiger partial charge in [-0.3, -0.25) is 9.59 Å². The van der Waals surface area contributed by atoms with Crippen molar-refractivity contribution >= 4 is 11.6 Å². The zero-order valence-electron chi connectivity index (χ0n) is 13.8. The minimum absolute atomic E-state index is 0.495. The molecule has 2 unspecified atom stereocenters. The third kappa shape index (κ3) is 8.43. The van der Waals surface area contributed by atoms with Crippen LogP contribution in [0.1, 0.15) is 54.4 Å². The molecule has 0 heterocycles. The van der Waals surface area contributed by atoms with Crippen molar-refractivity contribution in [2.75, 3.05) is 13.2 Å². The van der Waals surface area contributed by atoms with E-state index in [2.05, 4.69) is 27.7 Å². The molecule has 2 atom stereocenters. The van der Waals surface area contributed by atoms with E-state index in [1.807, 2.05) is 0 Å². The molecule has 0 fully saturated rings. The Bertz CT molecular complexity index is 267. The third-order valence-electron chi connectivity index (χ3n) is 3.11. The SMILES string of the molecule is CC(C)CCOC(C)C(=O)C(=O)C(C)OCCC(C)C. The summed E-state index contributed by atoms with van der Waals surface area (Å²) < 4.78 is 10.8. The van der Waals surface area contributed by atoms with Crippen molar-refractivity contribution < 1.29 is 19.1 Å². The number of hydrogen-bond donors (Lipinski definition) is 0. The van der Waals surface area contributed by atoms with Crippen LogP contribution in [0, 0.1) is 11.8 Å². The van der Waals surface area contributed by atoms with Gasteiger partial charge in [-0.25, -0.2) is 0 Å². The zero-order valence-corrected chi connectivity index (χ0v) is 13.8. The van der Waals surface area contributed by atoms with Gasteiger partial charge in [0.05, 0.1) is 0 Å². The summed E-state index contributed by atoms with van der Waals surface area (Å²) in [5, 5.41) is 0. The van der Waals surface area contributed by atoms with Crippen molar-refractivity contribution in [3.8, 4) is 0 Å². The highest BCUT2D eigenvalue weighted by Gasteiger charge is 2.27. The molecular weight excluding hydrogens is 256 g/mol. The van der Waals surface area contributed by atoms with E-state index in [9.17, 15) is 9.59 Å². The lowest BCUT2D eigenvalue weighted by Gasteiger charge is -2.16. The Hall–Kier alpha value is -0.740. The second kappa shape index (κ2) is 10.1. The maximum atomic E-state index is 11.9. The highest BCUT2D eigenvalue weighted by Crippen LogP contribution is 2.06. The van der Waals surface area contributed by atoms with Crippen molar-refractivity contribution in [3.05, 3.63) is 0 Å². The summed E-state index contributed by atoms with van der Waals surface area (Å²) in [4.78, 5) is 23.8. The van der Waals surface area contributed by atoms with E-state index in [-0.39, 0.29) is 0 Å². The average Bonchev–Trinajstić information content (AvgIpc) is 2.35. The van der Waals surface area contributed by atoms with E-state index in [4.69, 9.17) is 9.47 Å². The standard InChI is InChI=1S/C16H30O4/c1-11(2)7-9-19-13(5)15(17)16(18)14(6)20-10-8-12(3)4/h11-14H,7-10H2,1-6H3. The average molecular weight is 286 g/mol. The quantitative estimate of drug-likeness (QED) is 0.548. The number of hydrogen-bond acceptors (Lipinski definition) is 4. The smallest absolute Gasteiger partial charge is 0.229 e. The number of ketones is 2. The van der Waals surface area contributed by atoms with Gasteiger partial charge in [0.25, 0.3) is 0 Å². The summed E-state index contributed by atoms with van der Waals surface area (Å²) in [5.74, 6) is 0.0502. The van der Waals surface area contributed by atoms with Crippen LogP contribution < -0.4 is 0 Å². The molecule has 0 bridgehead atoms. The first kappa shape index (κ1) is 19.3. The summed E-state index contributed by atoms with van der Waals surface area (Å²) in [7, 11) is 0. The van der Waals surface area contributed by atoms with Crippen molar-refractivity contribution in [1.29, 1.82) is 0 Å². The Morgan fingerprint density at radius 1 is 0.700 bits per heavy atom. The van der Waals surface area contributed by atoms with Crippen LogP contribution in [0.3, 0.4) is 0 Å². The van der Waals surface area contributed by atoms with Gasteiger partial charge in [0.1, 0.15) is 12.2 Å². The van der Waals surface area contributed by atoms with E-state index in [0.29, 0.717) is 25.0 Å². The van der Waals surface area contributed by atoms with Crippen molar-refractivity contribution in [1.82, 2.24) is 0 Å². The molecule has 0 saturated carbocycles. The fourth-order valence-corrected chi connectivity index (χ4v) is 1.51. The molecule has 0 aromatic rings. The molecule has 20 heavy (non-hydrogen) atoms. The van der Waals surface area contributed by atoms with Crippen LogP contribution in [0.15, 0.2) is 0 Å². The van der Waals surface area contributed by atoms with E-state index in [1.165, 1.54) is 0 Å². The maximum absolute atomic E-state index is 11.9. The molecule has 118 valence electrons. The molecular formula is C16H30O4. The second-order valence-corrected chi connectivity index (χ2v) is 6.12. The molecule has 0 rings (SSSR count). The maximum Gasteiger partial charge on any atom is 0.229 e. The molecule has 0 amide bonds. The predicted molar refractivity (Wildman–Crippen MR) is 79.8 cm³/mol. The summed E-state index contributed by atoms with van der Waals surface area (Å²) >= 11 is 0. The molecule has 0 N–H and O–H groups in total. The summed E-state index contributed by atoms with van der Waals surface area (Å²) in [5.41, 5.74) is 0. The molecule has 0 aliphatic rings. The van der Waals surface area contributed by atoms with Gasteiger partial charge in [-0.05, 0) is 38.5 Å². The number of Topliss-reactive ketones (excluding diaryl/α,β-unsaturated/α-hetero) is 2. The van der Waals surface area contributed by atoms with Gasteiger partial charge < -0.3 is 9.47 Å². The topological polar surface area (TPSA) is 52.6 Å². The van der Waals surface area contributed by atoms with Gasteiger partial charge in [-0.15, -0.1) is 0 Å². The number of ether oxygens (including phenoxy) is 2. The van der Waals surface area contributed by atoms with Gasteiger partial charge in [0.15, 0.2) is 0 Å². The lowest BCUT2D eigenvalue weighted by atomic mass is 10.1. The molecule has 0 aromatic heterocycles. The normalized spacial score (nSPS) is 14.6. The fraction of sp³-hybridized carbons (Fsp3) is 0.875. The molecule has 4 heteroatoms. The lowest BCUT2D eigenvalue weighted by molar-refractivity contribution is -0.149. The summed E-state index contributed by atoms with van der Waals surface area (Å²) in [6, 6.07) is 0. The first-order valence-corrected chi connectivity index (χ1v) is 7.56. The van der Waals surface area contributed by atoms with Crippen LogP contribution in [-0.2, 0) is 19.1 Å². The molecule has 0 aliphatic heterocycles. The monoisotopic (exact) mass is 286 g/mol. The van der Waals surface area contributed by atoms with E-state index < -0.39 is 23.8 Å². The minimum Gasteiger partial charge on any atom is -0.370 e. The van der Waals surface area contributed by atoms with Gasteiger partial charge in [-0.1, -0.05) is 27.7 Å². The molecule has 0 aromatic carbocycles. The number of rotatable bonds is 11. The van der Waals surface area contributed by atoms with Crippen molar-refractivity contribution in [3.63, 3.8) is 0 Å². The molecule has 0 aliphatic carbocycles. The fourth-order valence-electron chi connectivity index (χ4n) is 1.51. The summed E-state index contributed by atoms with van der Waals surface area (Å²) in [6.07, 6.45) is 0.396. The Kier molecular flexibility index (Phi) is 9.68. The Morgan fingerprint density at radius 2 is 1.00 bits per heavy atom. The van der Waals surface area contributed by atoms with Crippen LogP contribution in [0.25, 0.3) is 0 Å². The Balaban J connectivity index is 4.08. The number of carbonyl (C=O) groups excluding carboxylic acids is 2. The van der Waals surface area contributed by atoms with Crippen LogP contribution in [-0.4, -0.2) is 37.0 Å². The molecule has 0 spiro atoms. The molecule has 0 radical (unpaired) electrons. The third-order valence-corrected chi connectivity index (χ3v) is 3.11. The second-order valence-electron chi connectivity index (χ2n) is 6.12. The van der Waals surface area contributed by atoms with Gasteiger partial charge >= 0.3 is 0 Å². The highest BCUT2D eigenvalue weighted by atomic mass is 16.5. The Labute approximate surface area is 123 Å². The first-order chi connectivity index (χ1) is 9.25. The van der Waals surface area contributed by atoms with E-state index in [0.717, 1.165) is 12.8 Å². The minimum atomic E-state index is -0.683. The van der Waals surface area contributed by atoms with E-state index >= 15 is 0 Å². The molecule has 0 saturated heterocycles. The molecule has 4 nitrogen and oxygen atoms in total. The van der Waals surface area contributed by atoms with Crippen LogP contribution in [0.4, 0.5) is 0 Å². The van der Waals surface area contributed by atoms with Crippen LogP contribution >= 0.6 is 0 Å². The lowest BCUT2D eigenvalue weighted by Crippen LogP contribution is -2.36. The van der Waals surface area contributed by atoms with Crippen molar-refractivity contribution in [2.24, 2.45) is 11.8 Å². The Morgan fingerprint density at radius 3 is 1.25 bits per heavy atom. The number of carbonyl (C=O) groups is 2.